The molecule has 0 aliphatic carbocycles. The topological polar surface area (TPSA) is 202 Å². The molecule has 13 heteroatoms. The summed E-state index contributed by atoms with van der Waals surface area (Å²) < 4.78 is 27.4. The van der Waals surface area contributed by atoms with Gasteiger partial charge in [0.15, 0.2) is 12.2 Å². The Balaban J connectivity index is 1.22. The van der Waals surface area contributed by atoms with Crippen LogP contribution in [-0.2, 0) is 14.3 Å². The fourth-order valence-electron chi connectivity index (χ4n) is 4.76. The summed E-state index contributed by atoms with van der Waals surface area (Å²) in [5.74, 6) is -1.35. The van der Waals surface area contributed by atoms with Crippen LogP contribution in [0.5, 0.6) is 28.7 Å². The Kier molecular flexibility index (Phi) is 9.04. The zero-order valence-electron chi connectivity index (χ0n) is 23.2. The molecule has 3 aromatic carbocycles. The van der Waals surface area contributed by atoms with Crippen molar-refractivity contribution in [3.8, 4) is 28.7 Å². The molecule has 2 aliphatic rings. The summed E-state index contributed by atoms with van der Waals surface area (Å²) >= 11 is 0. The van der Waals surface area contributed by atoms with Crippen LogP contribution in [-0.4, -0.2) is 92.9 Å². The van der Waals surface area contributed by atoms with Crippen molar-refractivity contribution >= 4 is 17.8 Å². The number of fused-ring (bicyclic) bond motifs is 1. The van der Waals surface area contributed by atoms with E-state index in [1.165, 1.54) is 61.7 Å². The van der Waals surface area contributed by atoms with Crippen LogP contribution < -0.4 is 14.2 Å². The summed E-state index contributed by atoms with van der Waals surface area (Å²) in [7, 11) is 1.39. The van der Waals surface area contributed by atoms with E-state index in [2.05, 4.69) is 0 Å². The van der Waals surface area contributed by atoms with Crippen LogP contribution in [0.4, 0.5) is 0 Å². The van der Waals surface area contributed by atoms with Crippen LogP contribution in [0.25, 0.3) is 6.08 Å². The molecule has 6 N–H and O–H groups in total. The number of aromatic hydroxyl groups is 2. The minimum absolute atomic E-state index is 0.0383. The number of phenols is 2. The van der Waals surface area contributed by atoms with Crippen molar-refractivity contribution in [2.24, 2.45) is 0 Å². The first-order valence-electron chi connectivity index (χ1n) is 13.5. The van der Waals surface area contributed by atoms with Crippen molar-refractivity contribution < 1.29 is 63.9 Å². The van der Waals surface area contributed by atoms with Gasteiger partial charge in [-0.05, 0) is 41.5 Å². The molecule has 2 heterocycles. The van der Waals surface area contributed by atoms with E-state index in [-0.39, 0.29) is 34.3 Å². The molecule has 44 heavy (non-hydrogen) atoms. The highest BCUT2D eigenvalue weighted by Crippen LogP contribution is 2.42. The van der Waals surface area contributed by atoms with Gasteiger partial charge in [0.1, 0.15) is 65.3 Å². The number of ketones is 1. The average molecular weight is 611 g/mol. The molecule has 13 nitrogen and oxygen atoms in total. The largest absolute Gasteiger partial charge is 0.508 e. The van der Waals surface area contributed by atoms with Crippen molar-refractivity contribution in [2.75, 3.05) is 13.7 Å². The molecule has 0 unspecified atom stereocenters. The molecular formula is C31H30O13. The molecule has 2 aliphatic heterocycles. The molecule has 0 aromatic heterocycles. The molecule has 3 aromatic rings. The Morgan fingerprint density at radius 3 is 2.30 bits per heavy atom. The fraction of sp³-hybridized carbons (Fsp3) is 0.290. The summed E-state index contributed by atoms with van der Waals surface area (Å²) in [6.45, 7) is -0.463. The van der Waals surface area contributed by atoms with E-state index in [0.717, 1.165) is 6.08 Å². The molecule has 5 rings (SSSR count). The molecular weight excluding hydrogens is 580 g/mol. The highest BCUT2D eigenvalue weighted by atomic mass is 16.7. The van der Waals surface area contributed by atoms with E-state index in [9.17, 15) is 40.2 Å². The first-order valence-corrected chi connectivity index (χ1v) is 13.5. The molecule has 7 atom stereocenters. The zero-order chi connectivity index (χ0) is 31.5. The summed E-state index contributed by atoms with van der Waals surface area (Å²) in [5.41, 5.74) is 0.858. The van der Waals surface area contributed by atoms with Crippen molar-refractivity contribution in [3.63, 3.8) is 0 Å². The number of ether oxygens (including phenoxy) is 5. The van der Waals surface area contributed by atoms with E-state index < -0.39 is 61.3 Å². The fourth-order valence-corrected chi connectivity index (χ4v) is 4.76. The standard InChI is InChI=1S/C31H30O13/c1-40-19-12-20(33)24-21(13-19)43-30(28(38)26(24)36)16-5-9-18(10-6-16)42-31-29(39)27(37)25(35)22(44-31)14-41-23(34)11-4-15-2-7-17(32)8-3-15/h2-13,22,25,27-33,35,37-39H,14H2,1H3/t22-,25-,27+,28-,29-,30+,31-/m1/s1. The van der Waals surface area contributed by atoms with Gasteiger partial charge in [0.25, 0.3) is 0 Å². The molecule has 1 fully saturated rings. The van der Waals surface area contributed by atoms with Gasteiger partial charge in [-0.1, -0.05) is 24.3 Å². The van der Waals surface area contributed by atoms with E-state index in [1.54, 1.807) is 12.1 Å². The highest BCUT2D eigenvalue weighted by Gasteiger charge is 2.45. The van der Waals surface area contributed by atoms with Gasteiger partial charge in [-0.25, -0.2) is 4.79 Å². The molecule has 0 bridgehead atoms. The van der Waals surface area contributed by atoms with Crippen LogP contribution >= 0.6 is 0 Å². The summed E-state index contributed by atoms with van der Waals surface area (Å²) in [6.07, 6.45) is -7.78. The van der Waals surface area contributed by atoms with Crippen molar-refractivity contribution in [1.82, 2.24) is 0 Å². The number of hydrogen-bond donors (Lipinski definition) is 6. The number of carbonyl (C=O) groups excluding carboxylic acids is 2. The molecule has 0 amide bonds. The van der Waals surface area contributed by atoms with E-state index >= 15 is 0 Å². The second-order valence-corrected chi connectivity index (χ2v) is 10.1. The predicted octanol–water partition coefficient (Wildman–Crippen LogP) is 1.23. The number of carbonyl (C=O) groups is 2. The minimum Gasteiger partial charge on any atom is -0.508 e. The lowest BCUT2D eigenvalue weighted by molar-refractivity contribution is -0.278. The number of rotatable bonds is 8. The van der Waals surface area contributed by atoms with E-state index in [4.69, 9.17) is 23.7 Å². The third kappa shape index (κ3) is 6.46. The van der Waals surface area contributed by atoms with Crippen LogP contribution in [0.1, 0.15) is 27.6 Å². The molecule has 232 valence electrons. The monoisotopic (exact) mass is 610 g/mol. The first-order chi connectivity index (χ1) is 21.0. The minimum atomic E-state index is -1.69. The number of Topliss-reactive ketones (excluding diaryl/α,β-unsaturated/α-hetero) is 1. The van der Waals surface area contributed by atoms with Crippen LogP contribution in [0.15, 0.2) is 66.7 Å². The van der Waals surface area contributed by atoms with Gasteiger partial charge in [-0.3, -0.25) is 4.79 Å². The summed E-state index contributed by atoms with van der Waals surface area (Å²) in [5, 5.41) is 61.4. The van der Waals surface area contributed by atoms with E-state index in [1.807, 2.05) is 0 Å². The first kappa shape index (κ1) is 30.8. The number of methoxy groups -OCH3 is 1. The average Bonchev–Trinajstić information content (AvgIpc) is 3.02. The van der Waals surface area contributed by atoms with E-state index in [0.29, 0.717) is 11.1 Å². The summed E-state index contributed by atoms with van der Waals surface area (Å²) in [4.78, 5) is 25.0. The van der Waals surface area contributed by atoms with Gasteiger partial charge in [0, 0.05) is 18.2 Å². The maximum absolute atomic E-state index is 12.8. The maximum atomic E-state index is 12.8. The predicted molar refractivity (Wildman–Crippen MR) is 150 cm³/mol. The Morgan fingerprint density at radius 2 is 1.61 bits per heavy atom. The van der Waals surface area contributed by atoms with Gasteiger partial charge in [0.05, 0.1) is 7.11 Å². The van der Waals surface area contributed by atoms with Crippen molar-refractivity contribution in [3.05, 3.63) is 83.4 Å². The molecule has 0 radical (unpaired) electrons. The zero-order valence-corrected chi connectivity index (χ0v) is 23.2. The normalized spacial score (nSPS) is 26.5. The number of aliphatic hydroxyl groups excluding tert-OH is 4. The highest BCUT2D eigenvalue weighted by molar-refractivity contribution is 6.05. The quantitative estimate of drug-likeness (QED) is 0.157. The Morgan fingerprint density at radius 1 is 0.909 bits per heavy atom. The Bertz CT molecular complexity index is 1520. The smallest absolute Gasteiger partial charge is 0.330 e. The van der Waals surface area contributed by atoms with Crippen molar-refractivity contribution in [1.29, 1.82) is 0 Å². The van der Waals surface area contributed by atoms with Gasteiger partial charge in [-0.2, -0.15) is 0 Å². The van der Waals surface area contributed by atoms with Crippen LogP contribution in [0.3, 0.4) is 0 Å². The molecule has 1 saturated heterocycles. The van der Waals surface area contributed by atoms with Gasteiger partial charge in [0.2, 0.25) is 12.1 Å². The molecule has 0 saturated carbocycles. The number of benzene rings is 3. The van der Waals surface area contributed by atoms with Gasteiger partial charge in [-0.15, -0.1) is 0 Å². The van der Waals surface area contributed by atoms with Crippen LogP contribution in [0.2, 0.25) is 0 Å². The lowest BCUT2D eigenvalue weighted by Gasteiger charge is -2.39. The second-order valence-electron chi connectivity index (χ2n) is 10.1. The number of esters is 1. The second kappa shape index (κ2) is 12.9. The third-order valence-electron chi connectivity index (χ3n) is 7.17. The molecule has 0 spiro atoms. The third-order valence-corrected chi connectivity index (χ3v) is 7.17. The van der Waals surface area contributed by atoms with Gasteiger partial charge >= 0.3 is 5.97 Å². The number of aliphatic hydroxyl groups is 4. The van der Waals surface area contributed by atoms with Crippen molar-refractivity contribution in [2.45, 2.75) is 42.9 Å². The Labute approximate surface area is 250 Å². The van der Waals surface area contributed by atoms with Gasteiger partial charge < -0.3 is 54.3 Å². The maximum Gasteiger partial charge on any atom is 0.330 e. The lowest BCUT2D eigenvalue weighted by atomic mass is 9.93. The van der Waals surface area contributed by atoms with Crippen LogP contribution in [0, 0.1) is 0 Å². The lowest BCUT2D eigenvalue weighted by Crippen LogP contribution is -2.60. The number of hydrogen-bond acceptors (Lipinski definition) is 13. The summed E-state index contributed by atoms with van der Waals surface area (Å²) in [6, 6.07) is 14.6. The number of phenolic OH excluding ortho intramolecular Hbond substituents is 2. The SMILES string of the molecule is COc1cc(O)c2c(c1)O[C@@H](c1ccc(O[C@@H]3O[C@H](COC(=O)C=Cc4ccc(O)cc4)[C@@H](O)[C@H](O)[C@H]3O)cc1)[C@H](O)C2=O. The Hall–Kier alpha value is -4.66.